The molecule has 0 amide bonds. The van der Waals surface area contributed by atoms with E-state index in [1.807, 2.05) is 6.07 Å². The van der Waals surface area contributed by atoms with Gasteiger partial charge in [-0.25, -0.2) is 4.79 Å². The first kappa shape index (κ1) is 21.6. The first-order valence-electron chi connectivity index (χ1n) is 10.7. The van der Waals surface area contributed by atoms with Crippen molar-refractivity contribution < 1.29 is 18.7 Å². The Morgan fingerprint density at radius 1 is 1.28 bits per heavy atom. The second-order valence-corrected chi connectivity index (χ2v) is 9.21. The van der Waals surface area contributed by atoms with Crippen molar-refractivity contribution in [1.82, 2.24) is 0 Å². The number of carbonyl (C=O) groups excluding carboxylic acids is 1. The average Bonchev–Trinajstić information content (AvgIpc) is 3.49. The number of allylic oxidation sites excluding steroid dienone is 3. The van der Waals surface area contributed by atoms with Gasteiger partial charge in [0.1, 0.15) is 5.75 Å². The van der Waals surface area contributed by atoms with Crippen LogP contribution in [0.5, 0.6) is 5.75 Å². The summed E-state index contributed by atoms with van der Waals surface area (Å²) in [4.78, 5) is 12.0. The van der Waals surface area contributed by atoms with Crippen molar-refractivity contribution in [3.8, 4) is 5.75 Å². The molecule has 2 aliphatic carbocycles. The predicted octanol–water partition coefficient (Wildman–Crippen LogP) is 6.46. The molecule has 1 saturated carbocycles. The molecule has 158 valence electrons. The second-order valence-electron chi connectivity index (χ2n) is 9.21. The van der Waals surface area contributed by atoms with Crippen LogP contribution in [0, 0.1) is 11.8 Å². The summed E-state index contributed by atoms with van der Waals surface area (Å²) >= 11 is 0. The Balaban J connectivity index is 2.15. The van der Waals surface area contributed by atoms with E-state index in [4.69, 9.17) is 9.47 Å². The standard InChI is InChI=1S/C25H33FO3/c1-7-28-24(27)23(26)16(4)19-12-20-18(15(2)3)10-11-25(5,6)21(20)13-22(19)29-14-17-8-9-17/h10,12-13,15,17H,7-9,11,14H2,1-6H3/b23-16+. The molecule has 0 atom stereocenters. The van der Waals surface area contributed by atoms with Crippen molar-refractivity contribution in [2.75, 3.05) is 13.2 Å². The van der Waals surface area contributed by atoms with Gasteiger partial charge in [0.05, 0.1) is 13.2 Å². The van der Waals surface area contributed by atoms with Crippen molar-refractivity contribution in [3.63, 3.8) is 0 Å². The number of esters is 1. The summed E-state index contributed by atoms with van der Waals surface area (Å²) in [7, 11) is 0. The first-order valence-corrected chi connectivity index (χ1v) is 10.7. The van der Waals surface area contributed by atoms with E-state index in [-0.39, 0.29) is 17.6 Å². The zero-order valence-electron chi connectivity index (χ0n) is 18.5. The molecule has 0 aliphatic heterocycles. The SMILES string of the molecule is CCOC(=O)/C(F)=C(/C)c1cc2c(cc1OCC1CC1)C(C)(C)CC=C2C(C)C. The molecule has 1 fully saturated rings. The number of benzene rings is 1. The molecule has 0 unspecified atom stereocenters. The van der Waals surface area contributed by atoms with Crippen LogP contribution in [0.1, 0.15) is 77.5 Å². The number of halogens is 1. The van der Waals surface area contributed by atoms with Gasteiger partial charge in [0.25, 0.3) is 0 Å². The summed E-state index contributed by atoms with van der Waals surface area (Å²) in [6.45, 7) is 12.9. The second kappa shape index (κ2) is 8.33. The minimum atomic E-state index is -0.921. The molecule has 1 aromatic rings. The van der Waals surface area contributed by atoms with E-state index < -0.39 is 11.8 Å². The molecule has 3 nitrogen and oxygen atoms in total. The highest BCUT2D eigenvalue weighted by atomic mass is 19.1. The summed E-state index contributed by atoms with van der Waals surface area (Å²) < 4.78 is 25.9. The van der Waals surface area contributed by atoms with E-state index >= 15 is 0 Å². The van der Waals surface area contributed by atoms with E-state index in [0.29, 0.717) is 29.8 Å². The van der Waals surface area contributed by atoms with Gasteiger partial charge in [-0.1, -0.05) is 33.8 Å². The van der Waals surface area contributed by atoms with Gasteiger partial charge in [-0.2, -0.15) is 4.39 Å². The van der Waals surface area contributed by atoms with Gasteiger partial charge in [0.15, 0.2) is 0 Å². The van der Waals surface area contributed by atoms with Crippen LogP contribution in [0.25, 0.3) is 11.1 Å². The molecule has 3 rings (SSSR count). The Kier molecular flexibility index (Phi) is 6.21. The molecule has 2 aliphatic rings. The lowest BCUT2D eigenvalue weighted by Gasteiger charge is -2.34. The summed E-state index contributed by atoms with van der Waals surface area (Å²) in [6.07, 6.45) is 5.61. The predicted molar refractivity (Wildman–Crippen MR) is 115 cm³/mol. The van der Waals surface area contributed by atoms with Crippen molar-refractivity contribution in [3.05, 3.63) is 40.7 Å². The van der Waals surface area contributed by atoms with Gasteiger partial charge in [-0.3, -0.25) is 0 Å². The van der Waals surface area contributed by atoms with Gasteiger partial charge in [-0.15, -0.1) is 0 Å². The maximum absolute atomic E-state index is 14.8. The highest BCUT2D eigenvalue weighted by Crippen LogP contribution is 2.46. The molecule has 0 aromatic heterocycles. The molecule has 0 saturated heterocycles. The van der Waals surface area contributed by atoms with Crippen LogP contribution in [-0.2, 0) is 14.9 Å². The Hall–Kier alpha value is -2.10. The Labute approximate surface area is 174 Å². The van der Waals surface area contributed by atoms with Crippen LogP contribution >= 0.6 is 0 Å². The molecule has 29 heavy (non-hydrogen) atoms. The van der Waals surface area contributed by atoms with Gasteiger partial charge in [0.2, 0.25) is 5.83 Å². The van der Waals surface area contributed by atoms with E-state index in [2.05, 4.69) is 39.8 Å². The quantitative estimate of drug-likeness (QED) is 0.389. The van der Waals surface area contributed by atoms with E-state index in [0.717, 1.165) is 12.0 Å². The molecule has 0 heterocycles. The van der Waals surface area contributed by atoms with Gasteiger partial charge < -0.3 is 9.47 Å². The van der Waals surface area contributed by atoms with Gasteiger partial charge in [0, 0.05) is 11.1 Å². The zero-order valence-corrected chi connectivity index (χ0v) is 18.5. The lowest BCUT2D eigenvalue weighted by molar-refractivity contribution is -0.140. The topological polar surface area (TPSA) is 35.5 Å². The van der Waals surface area contributed by atoms with Crippen LogP contribution < -0.4 is 4.74 Å². The molecule has 0 spiro atoms. The van der Waals surface area contributed by atoms with Crippen LogP contribution in [0.2, 0.25) is 0 Å². The number of rotatable bonds is 7. The first-order chi connectivity index (χ1) is 13.7. The van der Waals surface area contributed by atoms with Crippen molar-refractivity contribution >= 4 is 17.1 Å². The third kappa shape index (κ3) is 4.57. The maximum Gasteiger partial charge on any atom is 0.367 e. The van der Waals surface area contributed by atoms with Crippen LogP contribution in [0.15, 0.2) is 24.0 Å². The average molecular weight is 401 g/mol. The summed E-state index contributed by atoms with van der Waals surface area (Å²) in [5.41, 5.74) is 4.49. The van der Waals surface area contributed by atoms with E-state index in [1.165, 1.54) is 24.0 Å². The normalized spacial score (nSPS) is 18.7. The van der Waals surface area contributed by atoms with Crippen molar-refractivity contribution in [1.29, 1.82) is 0 Å². The van der Waals surface area contributed by atoms with Gasteiger partial charge >= 0.3 is 5.97 Å². The van der Waals surface area contributed by atoms with E-state index in [1.54, 1.807) is 13.8 Å². The minimum absolute atomic E-state index is 0.0265. The van der Waals surface area contributed by atoms with Crippen LogP contribution in [-0.4, -0.2) is 19.2 Å². The zero-order chi connectivity index (χ0) is 21.3. The highest BCUT2D eigenvalue weighted by molar-refractivity contribution is 5.96. The Bertz CT molecular complexity index is 857. The fourth-order valence-electron chi connectivity index (χ4n) is 3.88. The number of ether oxygens (including phenoxy) is 2. The summed E-state index contributed by atoms with van der Waals surface area (Å²) in [5.74, 6) is -0.179. The Morgan fingerprint density at radius 3 is 2.55 bits per heavy atom. The maximum atomic E-state index is 14.8. The summed E-state index contributed by atoms with van der Waals surface area (Å²) in [6, 6.07) is 4.09. The summed E-state index contributed by atoms with van der Waals surface area (Å²) in [5, 5.41) is 0. The number of carbonyl (C=O) groups is 1. The monoisotopic (exact) mass is 400 g/mol. The number of fused-ring (bicyclic) bond motifs is 1. The third-order valence-corrected chi connectivity index (χ3v) is 5.97. The molecular weight excluding hydrogens is 367 g/mol. The molecular formula is C25H33FO3. The largest absolute Gasteiger partial charge is 0.493 e. The fourth-order valence-corrected chi connectivity index (χ4v) is 3.88. The molecule has 0 N–H and O–H groups in total. The molecule has 0 bridgehead atoms. The molecule has 1 aromatic carbocycles. The highest BCUT2D eigenvalue weighted by Gasteiger charge is 2.32. The van der Waals surface area contributed by atoms with E-state index in [9.17, 15) is 9.18 Å². The lowest BCUT2D eigenvalue weighted by Crippen LogP contribution is -2.23. The van der Waals surface area contributed by atoms with Crippen molar-refractivity contribution in [2.45, 2.75) is 66.2 Å². The number of hydrogen-bond acceptors (Lipinski definition) is 3. The van der Waals surface area contributed by atoms with Crippen LogP contribution in [0.3, 0.4) is 0 Å². The Morgan fingerprint density at radius 2 is 1.97 bits per heavy atom. The van der Waals surface area contributed by atoms with Gasteiger partial charge in [-0.05, 0) is 79.2 Å². The lowest BCUT2D eigenvalue weighted by atomic mass is 9.70. The number of hydrogen-bond donors (Lipinski definition) is 0. The van der Waals surface area contributed by atoms with Crippen molar-refractivity contribution in [2.24, 2.45) is 11.8 Å². The van der Waals surface area contributed by atoms with Crippen LogP contribution in [0.4, 0.5) is 4.39 Å². The minimum Gasteiger partial charge on any atom is -0.493 e. The third-order valence-electron chi connectivity index (χ3n) is 5.97. The molecule has 4 heteroatoms. The smallest absolute Gasteiger partial charge is 0.367 e. The molecule has 0 radical (unpaired) electrons. The fraction of sp³-hybridized carbons (Fsp3) is 0.560.